The fourth-order valence-electron chi connectivity index (χ4n) is 1.62. The lowest BCUT2D eigenvalue weighted by Crippen LogP contribution is -2.36. The predicted molar refractivity (Wildman–Crippen MR) is 80.3 cm³/mol. The van der Waals surface area contributed by atoms with Gasteiger partial charge >= 0.3 is 0 Å². The number of halogens is 2. The van der Waals surface area contributed by atoms with Crippen molar-refractivity contribution in [3.63, 3.8) is 0 Å². The molecule has 2 N–H and O–H groups in total. The van der Waals surface area contributed by atoms with Gasteiger partial charge < -0.3 is 10.0 Å². The normalized spacial score (nSPS) is 12.4. The van der Waals surface area contributed by atoms with Crippen molar-refractivity contribution in [1.82, 2.24) is 9.62 Å². The molecule has 1 aromatic rings. The molecule has 0 saturated carbocycles. The number of nitrogens with zero attached hydrogens (tertiary/aromatic N) is 1. The number of aliphatic hydroxyl groups excluding tert-OH is 1. The Morgan fingerprint density at radius 2 is 2.05 bits per heavy atom. The average Bonchev–Trinajstić information content (AvgIpc) is 2.40. The van der Waals surface area contributed by atoms with E-state index in [1.165, 1.54) is 6.07 Å². The Bertz CT molecular complexity index is 593. The molecular weight excluding hydrogens is 319 g/mol. The number of benzene rings is 1. The summed E-state index contributed by atoms with van der Waals surface area (Å²) in [5, 5.41) is 9.08. The molecule has 1 aromatic carbocycles. The van der Waals surface area contributed by atoms with Gasteiger partial charge in [0, 0.05) is 29.7 Å². The van der Waals surface area contributed by atoms with Crippen LogP contribution in [-0.2, 0) is 16.6 Å². The van der Waals surface area contributed by atoms with Gasteiger partial charge in [-0.15, -0.1) is 0 Å². The number of aliphatic hydroxyl groups is 1. The molecule has 0 spiro atoms. The highest BCUT2D eigenvalue weighted by Gasteiger charge is 2.22. The van der Waals surface area contributed by atoms with Crippen LogP contribution in [-0.4, -0.2) is 44.6 Å². The van der Waals surface area contributed by atoms with Crippen LogP contribution >= 0.6 is 11.6 Å². The summed E-state index contributed by atoms with van der Waals surface area (Å²) >= 11 is 5.75. The van der Waals surface area contributed by atoms with Crippen LogP contribution in [0.5, 0.6) is 0 Å². The molecule has 120 valence electrons. The van der Waals surface area contributed by atoms with Gasteiger partial charge in [0.1, 0.15) is 10.7 Å². The van der Waals surface area contributed by atoms with Crippen LogP contribution in [0.1, 0.15) is 19.4 Å². The molecule has 5 nitrogen and oxygen atoms in total. The van der Waals surface area contributed by atoms with E-state index in [1.807, 2.05) is 25.8 Å². The summed E-state index contributed by atoms with van der Waals surface area (Å²) in [5.74, 6) is -0.980. The molecule has 0 radical (unpaired) electrons. The molecule has 0 unspecified atom stereocenters. The van der Waals surface area contributed by atoms with Gasteiger partial charge in [-0.3, -0.25) is 0 Å². The van der Waals surface area contributed by atoms with Crippen molar-refractivity contribution >= 4 is 21.6 Å². The average molecular weight is 339 g/mol. The minimum Gasteiger partial charge on any atom is -0.392 e. The van der Waals surface area contributed by atoms with Crippen molar-refractivity contribution < 1.29 is 17.9 Å². The number of hydrogen-bond donors (Lipinski definition) is 2. The molecule has 0 saturated heterocycles. The standard InChI is InChI=1S/C13H20ClFN2O3S/c1-9(2)17(3)5-4-16-21(19,20)12-7-11(14)6-10(8-18)13(12)15/h6-7,9,16,18H,4-5,8H2,1-3H3. The van der Waals surface area contributed by atoms with Crippen LogP contribution in [0.25, 0.3) is 0 Å². The van der Waals surface area contributed by atoms with E-state index in [9.17, 15) is 12.8 Å². The summed E-state index contributed by atoms with van der Waals surface area (Å²) in [6.45, 7) is 3.99. The van der Waals surface area contributed by atoms with Crippen LogP contribution in [0.15, 0.2) is 17.0 Å². The van der Waals surface area contributed by atoms with Crippen molar-refractivity contribution in [1.29, 1.82) is 0 Å². The van der Waals surface area contributed by atoms with Crippen molar-refractivity contribution in [3.8, 4) is 0 Å². The number of likely N-dealkylation sites (N-methyl/N-ethyl adjacent to an activating group) is 1. The number of nitrogens with one attached hydrogen (secondary N) is 1. The Balaban J connectivity index is 2.91. The molecule has 0 heterocycles. The maximum atomic E-state index is 14.0. The van der Waals surface area contributed by atoms with Gasteiger partial charge in [-0.05, 0) is 33.0 Å². The fourth-order valence-corrected chi connectivity index (χ4v) is 3.09. The van der Waals surface area contributed by atoms with Gasteiger partial charge in [0.2, 0.25) is 10.0 Å². The zero-order valence-electron chi connectivity index (χ0n) is 12.2. The van der Waals surface area contributed by atoms with E-state index in [0.29, 0.717) is 6.54 Å². The number of rotatable bonds is 7. The third-order valence-electron chi connectivity index (χ3n) is 3.18. The van der Waals surface area contributed by atoms with Crippen molar-refractivity contribution in [2.45, 2.75) is 31.4 Å². The fraction of sp³-hybridized carbons (Fsp3) is 0.538. The van der Waals surface area contributed by atoms with E-state index in [1.54, 1.807) is 0 Å². The quantitative estimate of drug-likeness (QED) is 0.792. The van der Waals surface area contributed by atoms with Crippen LogP contribution in [0.3, 0.4) is 0 Å². The van der Waals surface area contributed by atoms with E-state index in [-0.39, 0.29) is 23.2 Å². The Morgan fingerprint density at radius 3 is 2.57 bits per heavy atom. The molecule has 21 heavy (non-hydrogen) atoms. The van der Waals surface area contributed by atoms with Crippen LogP contribution in [0, 0.1) is 5.82 Å². The third-order valence-corrected chi connectivity index (χ3v) is 4.86. The molecule has 0 aromatic heterocycles. The van der Waals surface area contributed by atoms with Gasteiger partial charge in [-0.1, -0.05) is 11.6 Å². The van der Waals surface area contributed by atoms with E-state index in [0.717, 1.165) is 6.07 Å². The lowest BCUT2D eigenvalue weighted by Gasteiger charge is -2.21. The molecule has 0 atom stereocenters. The molecule has 0 aliphatic carbocycles. The highest BCUT2D eigenvalue weighted by Crippen LogP contribution is 2.23. The summed E-state index contributed by atoms with van der Waals surface area (Å²) in [4.78, 5) is 1.40. The monoisotopic (exact) mass is 338 g/mol. The van der Waals surface area contributed by atoms with E-state index in [2.05, 4.69) is 4.72 Å². The summed E-state index contributed by atoms with van der Waals surface area (Å²) in [5.41, 5.74) is -0.151. The largest absolute Gasteiger partial charge is 0.392 e. The first-order valence-electron chi connectivity index (χ1n) is 6.47. The van der Waals surface area contributed by atoms with Crippen LogP contribution in [0.4, 0.5) is 4.39 Å². The Labute approximate surface area is 129 Å². The zero-order chi connectivity index (χ0) is 16.2. The molecular formula is C13H20ClFN2O3S. The van der Waals surface area contributed by atoms with Crippen molar-refractivity contribution in [2.24, 2.45) is 0 Å². The molecule has 0 aliphatic rings. The second-order valence-corrected chi connectivity index (χ2v) is 7.18. The molecule has 0 amide bonds. The summed E-state index contributed by atoms with van der Waals surface area (Å²) in [7, 11) is -2.15. The first-order valence-corrected chi connectivity index (χ1v) is 8.34. The third kappa shape index (κ3) is 4.89. The SMILES string of the molecule is CC(C)N(C)CCNS(=O)(=O)c1cc(Cl)cc(CO)c1F. The van der Waals surface area contributed by atoms with Crippen molar-refractivity contribution in [2.75, 3.05) is 20.1 Å². The predicted octanol–water partition coefficient (Wildman–Crippen LogP) is 1.59. The molecule has 8 heteroatoms. The van der Waals surface area contributed by atoms with E-state index < -0.39 is 27.3 Å². The Kier molecular flexibility index (Phi) is 6.55. The zero-order valence-corrected chi connectivity index (χ0v) is 13.8. The first-order chi connectivity index (χ1) is 9.69. The number of sulfonamides is 1. The smallest absolute Gasteiger partial charge is 0.243 e. The van der Waals surface area contributed by atoms with Crippen LogP contribution in [0.2, 0.25) is 5.02 Å². The Morgan fingerprint density at radius 1 is 1.43 bits per heavy atom. The minimum absolute atomic E-state index is 0.0557. The molecule has 0 bridgehead atoms. The van der Waals surface area contributed by atoms with Gasteiger partial charge in [-0.25, -0.2) is 17.5 Å². The second kappa shape index (κ2) is 7.51. The lowest BCUT2D eigenvalue weighted by molar-refractivity contribution is 0.274. The summed E-state index contributed by atoms with van der Waals surface area (Å²) < 4.78 is 40.6. The van der Waals surface area contributed by atoms with E-state index in [4.69, 9.17) is 16.7 Å². The minimum atomic E-state index is -4.01. The second-order valence-electron chi connectivity index (χ2n) is 5.01. The summed E-state index contributed by atoms with van der Waals surface area (Å²) in [6.07, 6.45) is 0. The van der Waals surface area contributed by atoms with Gasteiger partial charge in [0.05, 0.1) is 6.61 Å². The summed E-state index contributed by atoms with van der Waals surface area (Å²) in [6, 6.07) is 2.51. The topological polar surface area (TPSA) is 69.6 Å². The first kappa shape index (κ1) is 18.3. The van der Waals surface area contributed by atoms with E-state index >= 15 is 0 Å². The molecule has 1 rings (SSSR count). The van der Waals surface area contributed by atoms with Gasteiger partial charge in [0.15, 0.2) is 0 Å². The molecule has 0 aliphatic heterocycles. The highest BCUT2D eigenvalue weighted by atomic mass is 35.5. The van der Waals surface area contributed by atoms with Gasteiger partial charge in [0.25, 0.3) is 0 Å². The molecule has 0 fully saturated rings. The van der Waals surface area contributed by atoms with Gasteiger partial charge in [-0.2, -0.15) is 0 Å². The van der Waals surface area contributed by atoms with Crippen molar-refractivity contribution in [3.05, 3.63) is 28.5 Å². The Hall–Kier alpha value is -0.730. The maximum absolute atomic E-state index is 14.0. The van der Waals surface area contributed by atoms with Crippen LogP contribution < -0.4 is 4.72 Å². The maximum Gasteiger partial charge on any atom is 0.243 e. The number of hydrogen-bond acceptors (Lipinski definition) is 4. The lowest BCUT2D eigenvalue weighted by atomic mass is 10.2. The highest BCUT2D eigenvalue weighted by molar-refractivity contribution is 7.89.